The van der Waals surface area contributed by atoms with Crippen LogP contribution < -0.4 is 5.32 Å². The number of sulfone groups is 1. The van der Waals surface area contributed by atoms with Crippen LogP contribution in [0, 0.1) is 17.1 Å². The molecule has 0 spiro atoms. The molecule has 0 amide bonds. The normalized spacial score (nSPS) is 27.0. The molecule has 2 aromatic rings. The molecule has 0 radical (unpaired) electrons. The fourth-order valence-electron chi connectivity index (χ4n) is 4.43. The fraction of sp³-hybridized carbons (Fsp3) is 0.435. The number of rotatable bonds is 5. The van der Waals surface area contributed by atoms with Gasteiger partial charge in [-0.05, 0) is 36.1 Å². The summed E-state index contributed by atoms with van der Waals surface area (Å²) in [6, 6.07) is 15.9. The first-order valence-corrected chi connectivity index (χ1v) is 11.7. The third kappa shape index (κ3) is 3.64. The fourth-order valence-corrected chi connectivity index (χ4v) is 6.80. The van der Waals surface area contributed by atoms with Crippen LogP contribution in [0.15, 0.2) is 48.5 Å². The van der Waals surface area contributed by atoms with Crippen LogP contribution in [0.2, 0.25) is 0 Å². The molecule has 7 heteroatoms. The van der Waals surface area contributed by atoms with E-state index in [4.69, 9.17) is 10.00 Å². The molecule has 158 valence electrons. The van der Waals surface area contributed by atoms with Gasteiger partial charge in [0.05, 0.1) is 35.2 Å². The smallest absolute Gasteiger partial charge is 0.163 e. The van der Waals surface area contributed by atoms with Crippen molar-refractivity contribution in [2.45, 2.75) is 41.7 Å². The lowest BCUT2D eigenvalue weighted by Crippen LogP contribution is -2.53. The summed E-state index contributed by atoms with van der Waals surface area (Å²) in [5.74, 6) is -0.430. The predicted octanol–water partition coefficient (Wildman–Crippen LogP) is 3.07. The zero-order valence-electron chi connectivity index (χ0n) is 16.8. The second-order valence-electron chi connectivity index (χ2n) is 8.34. The molecule has 2 aliphatic heterocycles. The molecule has 2 heterocycles. The van der Waals surface area contributed by atoms with Crippen LogP contribution in [0.1, 0.15) is 35.3 Å². The van der Waals surface area contributed by atoms with Crippen molar-refractivity contribution in [3.8, 4) is 6.07 Å². The highest BCUT2D eigenvalue weighted by Gasteiger charge is 2.43. The van der Waals surface area contributed by atoms with Crippen molar-refractivity contribution in [3.63, 3.8) is 0 Å². The summed E-state index contributed by atoms with van der Waals surface area (Å²) in [4.78, 5) is 0. The highest BCUT2D eigenvalue weighted by molar-refractivity contribution is 7.92. The molecule has 1 N–H and O–H groups in total. The molecule has 1 unspecified atom stereocenters. The number of hydrogen-bond donors (Lipinski definition) is 1. The maximum absolute atomic E-state index is 15.0. The maximum atomic E-state index is 15.0. The van der Waals surface area contributed by atoms with Gasteiger partial charge in [-0.25, -0.2) is 12.8 Å². The van der Waals surface area contributed by atoms with Crippen molar-refractivity contribution in [3.05, 3.63) is 71.0 Å². The first-order chi connectivity index (χ1) is 14.4. The molecule has 2 fully saturated rings. The monoisotopic (exact) mass is 428 g/mol. The van der Waals surface area contributed by atoms with E-state index < -0.39 is 31.6 Å². The number of hydrogen-bond acceptors (Lipinski definition) is 5. The zero-order valence-corrected chi connectivity index (χ0v) is 17.7. The zero-order chi connectivity index (χ0) is 21.4. The Morgan fingerprint density at radius 1 is 1.23 bits per heavy atom. The van der Waals surface area contributed by atoms with Crippen LogP contribution >= 0.6 is 0 Å². The van der Waals surface area contributed by atoms with E-state index in [1.54, 1.807) is 12.1 Å². The predicted molar refractivity (Wildman–Crippen MR) is 112 cm³/mol. The average Bonchev–Trinajstić information content (AvgIpc) is 2.69. The standard InChI is InChI=1S/C23H25FN2O3S/c1-16-21(30(27,28)22(13-26-16)17-5-3-2-4-6-17)11-18-7-8-19(12-20(18)24)23(9-10-25)14-29-15-23/h2-8,12,16,21-22,26H,9,11,13-15H2,1H3/t16-,21?,22-/m0/s1. The van der Waals surface area contributed by atoms with E-state index in [-0.39, 0.29) is 18.9 Å². The Labute approximate surface area is 176 Å². The van der Waals surface area contributed by atoms with E-state index in [0.29, 0.717) is 25.3 Å². The summed E-state index contributed by atoms with van der Waals surface area (Å²) in [6.45, 7) is 2.98. The largest absolute Gasteiger partial charge is 0.379 e. The lowest BCUT2D eigenvalue weighted by atomic mass is 9.76. The molecule has 3 atom stereocenters. The van der Waals surface area contributed by atoms with E-state index in [1.807, 2.05) is 37.3 Å². The first kappa shape index (κ1) is 21.0. The maximum Gasteiger partial charge on any atom is 0.163 e. The Morgan fingerprint density at radius 3 is 2.57 bits per heavy atom. The van der Waals surface area contributed by atoms with Crippen LogP contribution in [0.3, 0.4) is 0 Å². The summed E-state index contributed by atoms with van der Waals surface area (Å²) in [5.41, 5.74) is 1.40. The van der Waals surface area contributed by atoms with Crippen molar-refractivity contribution < 1.29 is 17.5 Å². The van der Waals surface area contributed by atoms with Gasteiger partial charge in [0.2, 0.25) is 0 Å². The average molecular weight is 429 g/mol. The first-order valence-electron chi connectivity index (χ1n) is 10.1. The molecule has 2 aromatic carbocycles. The topological polar surface area (TPSA) is 79.2 Å². The molecule has 5 nitrogen and oxygen atoms in total. The SMILES string of the molecule is C[C@@H]1NC[C@@H](c2ccccc2)S(=O)(=O)C1Cc1ccc(C2(CC#N)COC2)cc1F. The molecular formula is C23H25FN2O3S. The van der Waals surface area contributed by atoms with Crippen LogP contribution in [-0.2, 0) is 26.4 Å². The molecule has 0 aliphatic carbocycles. The quantitative estimate of drug-likeness (QED) is 0.792. The van der Waals surface area contributed by atoms with E-state index in [2.05, 4.69) is 11.4 Å². The second-order valence-corrected chi connectivity index (χ2v) is 10.7. The molecular weight excluding hydrogens is 403 g/mol. The van der Waals surface area contributed by atoms with Crippen molar-refractivity contribution in [1.82, 2.24) is 5.32 Å². The van der Waals surface area contributed by atoms with E-state index in [1.165, 1.54) is 6.07 Å². The molecule has 0 aromatic heterocycles. The van der Waals surface area contributed by atoms with Gasteiger partial charge in [0.15, 0.2) is 9.84 Å². The summed E-state index contributed by atoms with van der Waals surface area (Å²) in [5, 5.41) is 11.0. The minimum atomic E-state index is -3.51. The highest BCUT2D eigenvalue weighted by atomic mass is 32.2. The minimum Gasteiger partial charge on any atom is -0.379 e. The summed E-state index contributed by atoms with van der Waals surface area (Å²) >= 11 is 0. The van der Waals surface area contributed by atoms with Crippen molar-refractivity contribution in [2.75, 3.05) is 19.8 Å². The summed E-state index contributed by atoms with van der Waals surface area (Å²) < 4.78 is 47.0. The Bertz CT molecular complexity index is 1060. The highest BCUT2D eigenvalue weighted by Crippen LogP contribution is 2.37. The third-order valence-electron chi connectivity index (χ3n) is 6.43. The second kappa shape index (κ2) is 8.10. The molecule has 2 aliphatic rings. The molecule has 4 rings (SSSR count). The number of benzene rings is 2. The molecule has 0 bridgehead atoms. The molecule has 2 saturated heterocycles. The Morgan fingerprint density at radius 2 is 1.97 bits per heavy atom. The number of halogens is 1. The van der Waals surface area contributed by atoms with Crippen LogP contribution in [0.4, 0.5) is 4.39 Å². The lowest BCUT2D eigenvalue weighted by Gasteiger charge is -2.40. The van der Waals surface area contributed by atoms with Gasteiger partial charge in [0.1, 0.15) is 5.82 Å². The summed E-state index contributed by atoms with van der Waals surface area (Å²) in [6.07, 6.45) is 0.371. The minimum absolute atomic E-state index is 0.105. The van der Waals surface area contributed by atoms with Gasteiger partial charge in [-0.1, -0.05) is 42.5 Å². The number of nitriles is 1. The van der Waals surface area contributed by atoms with Crippen molar-refractivity contribution in [1.29, 1.82) is 5.26 Å². The van der Waals surface area contributed by atoms with Crippen LogP contribution in [0.25, 0.3) is 0 Å². The molecule has 0 saturated carbocycles. The van der Waals surface area contributed by atoms with E-state index >= 15 is 0 Å². The van der Waals surface area contributed by atoms with Gasteiger partial charge in [0, 0.05) is 19.0 Å². The summed E-state index contributed by atoms with van der Waals surface area (Å²) in [7, 11) is -3.51. The van der Waals surface area contributed by atoms with Crippen LogP contribution in [-0.4, -0.2) is 39.5 Å². The number of ether oxygens (including phenoxy) is 1. The Kier molecular flexibility index (Phi) is 5.67. The van der Waals surface area contributed by atoms with Gasteiger partial charge in [0.25, 0.3) is 0 Å². The van der Waals surface area contributed by atoms with Crippen molar-refractivity contribution in [2.24, 2.45) is 0 Å². The lowest BCUT2D eigenvalue weighted by molar-refractivity contribution is -0.0578. The van der Waals surface area contributed by atoms with Gasteiger partial charge < -0.3 is 10.1 Å². The third-order valence-corrected chi connectivity index (χ3v) is 9.08. The van der Waals surface area contributed by atoms with Crippen molar-refractivity contribution >= 4 is 9.84 Å². The number of nitrogens with one attached hydrogen (secondary N) is 1. The van der Waals surface area contributed by atoms with Crippen LogP contribution in [0.5, 0.6) is 0 Å². The Hall–Kier alpha value is -2.27. The van der Waals surface area contributed by atoms with Gasteiger partial charge in [-0.3, -0.25) is 0 Å². The number of nitrogens with zero attached hydrogens (tertiary/aromatic N) is 1. The van der Waals surface area contributed by atoms with Gasteiger partial charge in [-0.2, -0.15) is 5.26 Å². The van der Waals surface area contributed by atoms with E-state index in [0.717, 1.165) is 11.1 Å². The Balaban J connectivity index is 1.60. The molecule has 30 heavy (non-hydrogen) atoms. The van der Waals surface area contributed by atoms with Gasteiger partial charge in [-0.15, -0.1) is 0 Å². The van der Waals surface area contributed by atoms with Gasteiger partial charge >= 0.3 is 0 Å². The van der Waals surface area contributed by atoms with E-state index in [9.17, 15) is 12.8 Å².